The van der Waals surface area contributed by atoms with Gasteiger partial charge < -0.3 is 10.1 Å². The number of methoxy groups -OCH3 is 1. The van der Waals surface area contributed by atoms with E-state index in [9.17, 15) is 22.8 Å². The monoisotopic (exact) mass is 516 g/mol. The summed E-state index contributed by atoms with van der Waals surface area (Å²) in [5.41, 5.74) is 2.98. The smallest absolute Gasteiger partial charge is 0.416 e. The molecule has 0 aliphatic rings. The van der Waals surface area contributed by atoms with Crippen LogP contribution in [0.4, 0.5) is 18.9 Å². The minimum atomic E-state index is -4.55. The van der Waals surface area contributed by atoms with Crippen molar-refractivity contribution in [3.8, 4) is 22.5 Å². The van der Waals surface area contributed by atoms with E-state index >= 15 is 0 Å². The molecule has 0 atom stereocenters. The van der Waals surface area contributed by atoms with Gasteiger partial charge in [0.05, 0.1) is 29.6 Å². The number of ether oxygens (including phenoxy) is 1. The number of hydrogen-bond donors (Lipinski definition) is 1. The number of carbonyl (C=O) groups excluding carboxylic acids is 2. The summed E-state index contributed by atoms with van der Waals surface area (Å²) in [5, 5.41) is 7.32. The third-order valence-corrected chi connectivity index (χ3v) is 5.81. The van der Waals surface area contributed by atoms with Crippen LogP contribution in [0.15, 0.2) is 91.1 Å². The number of esters is 1. The van der Waals surface area contributed by atoms with E-state index in [2.05, 4.69) is 15.4 Å². The second kappa shape index (κ2) is 9.81. The average molecular weight is 516 g/mol. The molecule has 0 spiro atoms. The van der Waals surface area contributed by atoms with E-state index in [0.29, 0.717) is 39.4 Å². The summed E-state index contributed by atoms with van der Waals surface area (Å²) in [7, 11) is 1.31. The van der Waals surface area contributed by atoms with Crippen molar-refractivity contribution in [1.82, 2.24) is 14.6 Å². The molecule has 5 rings (SSSR count). The lowest BCUT2D eigenvalue weighted by Crippen LogP contribution is -2.14. The minimum Gasteiger partial charge on any atom is -0.465 e. The van der Waals surface area contributed by atoms with Crippen LogP contribution in [0.2, 0.25) is 0 Å². The number of halogens is 3. The highest BCUT2D eigenvalue weighted by atomic mass is 19.4. The number of aromatic nitrogens is 3. The van der Waals surface area contributed by atoms with Gasteiger partial charge in [-0.3, -0.25) is 4.79 Å². The molecule has 0 unspecified atom stereocenters. The molecule has 0 bridgehead atoms. The fourth-order valence-electron chi connectivity index (χ4n) is 3.97. The van der Waals surface area contributed by atoms with Crippen molar-refractivity contribution in [2.75, 3.05) is 12.4 Å². The number of benzene rings is 3. The fourth-order valence-corrected chi connectivity index (χ4v) is 3.97. The van der Waals surface area contributed by atoms with Crippen LogP contribution in [0.5, 0.6) is 0 Å². The fraction of sp³-hybridized carbons (Fsp3) is 0.0714. The summed E-state index contributed by atoms with van der Waals surface area (Å²) >= 11 is 0. The highest BCUT2D eigenvalue weighted by molar-refractivity contribution is 6.04. The van der Waals surface area contributed by atoms with Crippen LogP contribution in [0.3, 0.4) is 0 Å². The topological polar surface area (TPSA) is 85.6 Å². The zero-order chi connectivity index (χ0) is 26.9. The van der Waals surface area contributed by atoms with Crippen molar-refractivity contribution < 1.29 is 27.5 Å². The summed E-state index contributed by atoms with van der Waals surface area (Å²) in [5.74, 6) is -1.13. The number of anilines is 1. The van der Waals surface area contributed by atoms with Gasteiger partial charge in [0, 0.05) is 34.6 Å². The molecule has 0 aliphatic carbocycles. The van der Waals surface area contributed by atoms with Gasteiger partial charge in [-0.25, -0.2) is 14.3 Å². The standard InChI is InChI=1S/C28H19F3N4O3/c1-38-27(37)20-8-2-5-17(13-20)23-16-25-32-12-11-24(35(25)34-23)18-6-4-10-22(15-18)33-26(36)19-7-3-9-21(14-19)28(29,30)31/h2-16H,1H3,(H,33,36). The van der Waals surface area contributed by atoms with Crippen molar-refractivity contribution in [1.29, 1.82) is 0 Å². The Labute approximate surface area is 214 Å². The molecule has 0 fully saturated rings. The molecule has 10 heteroatoms. The predicted octanol–water partition coefficient (Wildman–Crippen LogP) is 6.12. The van der Waals surface area contributed by atoms with E-state index in [4.69, 9.17) is 4.74 Å². The molecule has 1 N–H and O–H groups in total. The summed E-state index contributed by atoms with van der Waals surface area (Å²) < 4.78 is 45.6. The van der Waals surface area contributed by atoms with Gasteiger partial charge in [-0.15, -0.1) is 0 Å². The zero-order valence-corrected chi connectivity index (χ0v) is 19.9. The van der Waals surface area contributed by atoms with Gasteiger partial charge in [0.15, 0.2) is 5.65 Å². The van der Waals surface area contributed by atoms with Gasteiger partial charge >= 0.3 is 12.1 Å². The molecule has 5 aromatic rings. The lowest BCUT2D eigenvalue weighted by Gasteiger charge is -2.11. The second-order valence-electron chi connectivity index (χ2n) is 8.32. The largest absolute Gasteiger partial charge is 0.465 e. The van der Waals surface area contributed by atoms with E-state index in [1.54, 1.807) is 59.2 Å². The normalized spacial score (nSPS) is 11.4. The first-order chi connectivity index (χ1) is 18.2. The van der Waals surface area contributed by atoms with E-state index in [1.165, 1.54) is 19.2 Å². The van der Waals surface area contributed by atoms with E-state index in [-0.39, 0.29) is 5.56 Å². The van der Waals surface area contributed by atoms with Crippen LogP contribution in [0, 0.1) is 0 Å². The molecule has 1 amide bonds. The summed E-state index contributed by atoms with van der Waals surface area (Å²) in [6, 6.07) is 21.5. The number of nitrogens with zero attached hydrogens (tertiary/aromatic N) is 3. The van der Waals surface area contributed by atoms with Crippen molar-refractivity contribution in [3.63, 3.8) is 0 Å². The Kier molecular flexibility index (Phi) is 6.38. The van der Waals surface area contributed by atoms with Crippen LogP contribution in [0.25, 0.3) is 28.2 Å². The summed E-state index contributed by atoms with van der Waals surface area (Å²) in [6.07, 6.45) is -2.93. The van der Waals surface area contributed by atoms with Crippen molar-refractivity contribution >= 4 is 23.2 Å². The molecule has 3 aromatic carbocycles. The minimum absolute atomic E-state index is 0.109. The molecule has 0 aliphatic heterocycles. The van der Waals surface area contributed by atoms with Gasteiger partial charge in [0.2, 0.25) is 0 Å². The third kappa shape index (κ3) is 4.96. The number of amides is 1. The van der Waals surface area contributed by atoms with E-state index < -0.39 is 23.6 Å². The highest BCUT2D eigenvalue weighted by Crippen LogP contribution is 2.30. The first-order valence-electron chi connectivity index (χ1n) is 11.4. The summed E-state index contributed by atoms with van der Waals surface area (Å²) in [4.78, 5) is 29.0. The van der Waals surface area contributed by atoms with Crippen LogP contribution in [-0.2, 0) is 10.9 Å². The molecule has 0 saturated heterocycles. The third-order valence-electron chi connectivity index (χ3n) is 5.81. The molecule has 38 heavy (non-hydrogen) atoms. The number of nitrogens with one attached hydrogen (secondary N) is 1. The van der Waals surface area contributed by atoms with Crippen molar-refractivity contribution in [2.24, 2.45) is 0 Å². The van der Waals surface area contributed by atoms with Gasteiger partial charge in [0.25, 0.3) is 5.91 Å². The number of hydrogen-bond acceptors (Lipinski definition) is 5. The molecule has 2 heterocycles. The van der Waals surface area contributed by atoms with Gasteiger partial charge in [-0.2, -0.15) is 18.3 Å². The Balaban J connectivity index is 1.46. The summed E-state index contributed by atoms with van der Waals surface area (Å²) in [6.45, 7) is 0. The first-order valence-corrected chi connectivity index (χ1v) is 11.4. The lowest BCUT2D eigenvalue weighted by molar-refractivity contribution is -0.137. The Hall–Kier alpha value is -4.99. The second-order valence-corrected chi connectivity index (χ2v) is 8.32. The average Bonchev–Trinajstić information content (AvgIpc) is 3.37. The predicted molar refractivity (Wildman–Crippen MR) is 135 cm³/mol. The molecule has 7 nitrogen and oxygen atoms in total. The molecule has 0 radical (unpaired) electrons. The van der Waals surface area contributed by atoms with Crippen LogP contribution >= 0.6 is 0 Å². The lowest BCUT2D eigenvalue weighted by atomic mass is 10.1. The Morgan fingerprint density at radius 1 is 0.868 bits per heavy atom. The molecular formula is C28H19F3N4O3. The maximum atomic E-state index is 13.0. The zero-order valence-electron chi connectivity index (χ0n) is 19.9. The number of carbonyl (C=O) groups is 2. The Morgan fingerprint density at radius 2 is 1.61 bits per heavy atom. The van der Waals surface area contributed by atoms with Gasteiger partial charge in [-0.05, 0) is 48.5 Å². The van der Waals surface area contributed by atoms with Crippen LogP contribution in [0.1, 0.15) is 26.3 Å². The van der Waals surface area contributed by atoms with Crippen molar-refractivity contribution in [2.45, 2.75) is 6.18 Å². The maximum absolute atomic E-state index is 13.0. The SMILES string of the molecule is COC(=O)c1cccc(-c2cc3nccc(-c4cccc(NC(=O)c5cccc(C(F)(F)F)c5)c4)n3n2)c1. The number of alkyl halides is 3. The first kappa shape index (κ1) is 24.7. The van der Waals surface area contributed by atoms with Crippen molar-refractivity contribution in [3.05, 3.63) is 108 Å². The Bertz CT molecular complexity index is 1680. The highest BCUT2D eigenvalue weighted by Gasteiger charge is 2.30. The van der Waals surface area contributed by atoms with Gasteiger partial charge in [0.1, 0.15) is 0 Å². The maximum Gasteiger partial charge on any atom is 0.416 e. The molecule has 2 aromatic heterocycles. The molecule has 190 valence electrons. The van der Waals surface area contributed by atoms with E-state index in [0.717, 1.165) is 12.1 Å². The van der Waals surface area contributed by atoms with E-state index in [1.807, 2.05) is 12.1 Å². The number of rotatable bonds is 5. The quantitative estimate of drug-likeness (QED) is 0.285. The molecular weight excluding hydrogens is 497 g/mol. The number of fused-ring (bicyclic) bond motifs is 1. The van der Waals surface area contributed by atoms with Crippen LogP contribution in [-0.4, -0.2) is 33.6 Å². The Morgan fingerprint density at radius 3 is 2.39 bits per heavy atom. The van der Waals surface area contributed by atoms with Crippen LogP contribution < -0.4 is 5.32 Å². The molecule has 0 saturated carbocycles. The van der Waals surface area contributed by atoms with Gasteiger partial charge in [-0.1, -0.05) is 30.3 Å².